The first kappa shape index (κ1) is 29.1. The molecule has 14 heteroatoms. The molecule has 0 heterocycles. The summed E-state index contributed by atoms with van der Waals surface area (Å²) in [5.41, 5.74) is -11.0. The van der Waals surface area contributed by atoms with Crippen molar-refractivity contribution in [3.63, 3.8) is 0 Å². The van der Waals surface area contributed by atoms with Gasteiger partial charge in [0.15, 0.2) is 20.0 Å². The summed E-state index contributed by atoms with van der Waals surface area (Å²) in [6.45, 7) is 9.81. The molecule has 0 saturated carbocycles. The van der Waals surface area contributed by atoms with Crippen LogP contribution in [0.15, 0.2) is 55.6 Å². The number of halogens is 6. The highest BCUT2D eigenvalue weighted by molar-refractivity contribution is 8.13. The Kier molecular flexibility index (Phi) is 11.5. The van der Waals surface area contributed by atoms with Gasteiger partial charge < -0.3 is 9.44 Å². The number of hydrogen-bond acceptors (Lipinski definition) is 4. The van der Waals surface area contributed by atoms with Crippen molar-refractivity contribution < 1.29 is 48.5 Å². The van der Waals surface area contributed by atoms with E-state index in [1.54, 1.807) is 0 Å². The van der Waals surface area contributed by atoms with Gasteiger partial charge in [0.2, 0.25) is 0 Å². The lowest BCUT2D eigenvalue weighted by atomic mass is 10.0. The summed E-state index contributed by atoms with van der Waals surface area (Å²) < 4.78 is 109. The van der Waals surface area contributed by atoms with E-state index in [1.165, 1.54) is 5.56 Å². The van der Waals surface area contributed by atoms with Crippen molar-refractivity contribution in [1.29, 1.82) is 0 Å². The summed E-state index contributed by atoms with van der Waals surface area (Å²) in [6.07, 6.45) is 6.17. The van der Waals surface area contributed by atoms with Crippen molar-refractivity contribution in [2.75, 3.05) is 6.54 Å². The summed E-state index contributed by atoms with van der Waals surface area (Å²) in [5.74, 6) is 0.679. The summed E-state index contributed by atoms with van der Waals surface area (Å²) in [4.78, 5) is 0. The molecule has 0 atom stereocenters. The molecule has 0 radical (unpaired) electrons. The lowest BCUT2D eigenvalue weighted by Gasteiger charge is -2.22. The molecule has 0 amide bonds. The molecule has 0 aliphatic carbocycles. The second-order valence-electron chi connectivity index (χ2n) is 6.05. The van der Waals surface area contributed by atoms with Crippen LogP contribution in [0.2, 0.25) is 0 Å². The van der Waals surface area contributed by atoms with Crippen LogP contribution < -0.4 is 5.32 Å². The highest BCUT2D eigenvalue weighted by Crippen LogP contribution is 2.36. The van der Waals surface area contributed by atoms with Crippen molar-refractivity contribution in [2.24, 2.45) is 5.92 Å². The lowest BCUT2D eigenvalue weighted by molar-refractivity contribution is -0.676. The fourth-order valence-corrected chi connectivity index (χ4v) is 3.78. The van der Waals surface area contributed by atoms with Gasteiger partial charge >= 0.3 is 11.0 Å². The third kappa shape index (κ3) is 10.8. The van der Waals surface area contributed by atoms with Crippen LogP contribution in [0.25, 0.3) is 4.13 Å². The fourth-order valence-electron chi connectivity index (χ4n) is 2.07. The first-order valence-electron chi connectivity index (χ1n) is 8.51. The number of alkyl halides is 6. The van der Waals surface area contributed by atoms with Gasteiger partial charge in [-0.3, -0.25) is 0 Å². The molecule has 1 aromatic rings. The monoisotopic (exact) mass is 496 g/mol. The highest BCUT2D eigenvalue weighted by Gasteiger charge is 2.46. The number of quaternary nitrogens is 1. The molecular weight excluding hydrogens is 474 g/mol. The third-order valence-electron chi connectivity index (χ3n) is 3.50. The summed E-state index contributed by atoms with van der Waals surface area (Å²) in [6, 6.07) is 10.6. The van der Waals surface area contributed by atoms with Crippen molar-refractivity contribution in [1.82, 2.24) is 0 Å². The Labute approximate surface area is 177 Å². The Morgan fingerprint density at radius 2 is 1.29 bits per heavy atom. The number of nitrogens with zero attached hydrogens (tertiary/aromatic N) is 1. The molecule has 0 fully saturated rings. The summed E-state index contributed by atoms with van der Waals surface area (Å²) in [7, 11) is -13.4. The zero-order valence-electron chi connectivity index (χ0n) is 16.1. The topological polar surface area (TPSA) is 99.0 Å². The SMILES string of the molecule is C=CCC(CC=C)C[NH2+]Cc1ccccc1.O=S(=O)([N-]S(=O)(=O)C(F)(F)F)C(F)(F)F. The lowest BCUT2D eigenvalue weighted by Crippen LogP contribution is -2.83. The van der Waals surface area contributed by atoms with E-state index in [0.29, 0.717) is 5.92 Å². The van der Waals surface area contributed by atoms with E-state index < -0.39 is 31.1 Å². The molecule has 2 N–H and O–H groups in total. The molecule has 178 valence electrons. The minimum atomic E-state index is -6.72. The molecule has 6 nitrogen and oxygen atoms in total. The molecule has 0 aromatic heterocycles. The first-order valence-corrected chi connectivity index (χ1v) is 11.4. The Morgan fingerprint density at radius 1 is 0.871 bits per heavy atom. The number of rotatable bonds is 10. The van der Waals surface area contributed by atoms with E-state index >= 15 is 0 Å². The quantitative estimate of drug-likeness (QED) is 0.395. The summed E-state index contributed by atoms with van der Waals surface area (Å²) >= 11 is 0. The van der Waals surface area contributed by atoms with Crippen LogP contribution in [0, 0.1) is 5.92 Å². The maximum Gasteiger partial charge on any atom is 0.480 e. The second kappa shape index (κ2) is 12.2. The molecular formula is C17H22F6N2O4S2. The number of nitrogens with two attached hydrogens (primary N) is 1. The van der Waals surface area contributed by atoms with Crippen LogP contribution in [0.5, 0.6) is 0 Å². The van der Waals surface area contributed by atoms with E-state index in [0.717, 1.165) is 30.1 Å². The van der Waals surface area contributed by atoms with Crippen LogP contribution in [-0.2, 0) is 26.6 Å². The van der Waals surface area contributed by atoms with E-state index in [4.69, 9.17) is 0 Å². The largest absolute Gasteiger partial charge is 0.480 e. The van der Waals surface area contributed by atoms with Crippen LogP contribution in [0.3, 0.4) is 0 Å². The third-order valence-corrected chi connectivity index (χ3v) is 6.24. The Morgan fingerprint density at radius 3 is 1.65 bits per heavy atom. The van der Waals surface area contributed by atoms with Gasteiger partial charge in [-0.2, -0.15) is 26.3 Å². The predicted molar refractivity (Wildman–Crippen MR) is 103 cm³/mol. The predicted octanol–water partition coefficient (Wildman–Crippen LogP) is 3.58. The van der Waals surface area contributed by atoms with E-state index in [-0.39, 0.29) is 0 Å². The average molecular weight is 496 g/mol. The number of hydrogen-bond donors (Lipinski definition) is 1. The Hall–Kier alpha value is -1.90. The maximum absolute atomic E-state index is 11.4. The molecule has 0 saturated heterocycles. The van der Waals surface area contributed by atoms with Crippen molar-refractivity contribution in [3.8, 4) is 0 Å². The van der Waals surface area contributed by atoms with Gasteiger partial charge in [0.05, 0.1) is 6.54 Å². The molecule has 31 heavy (non-hydrogen) atoms. The zero-order valence-corrected chi connectivity index (χ0v) is 17.7. The number of sulfonamides is 2. The van der Waals surface area contributed by atoms with Gasteiger partial charge in [0, 0.05) is 11.5 Å². The molecule has 0 aliphatic heterocycles. The Balaban J connectivity index is 0.000000582. The summed E-state index contributed by atoms with van der Waals surface area (Å²) in [5, 5.41) is 2.37. The molecule has 0 bridgehead atoms. The molecule has 1 aromatic carbocycles. The first-order chi connectivity index (χ1) is 14.1. The molecule has 0 aliphatic rings. The highest BCUT2D eigenvalue weighted by atomic mass is 32.3. The van der Waals surface area contributed by atoms with Gasteiger partial charge in [0.25, 0.3) is 0 Å². The number of benzene rings is 1. The smallest absolute Gasteiger partial charge is 0.421 e. The fraction of sp³-hybridized carbons (Fsp3) is 0.412. The van der Waals surface area contributed by atoms with Crippen molar-refractivity contribution in [3.05, 3.63) is 65.3 Å². The average Bonchev–Trinajstić information content (AvgIpc) is 2.61. The van der Waals surface area contributed by atoms with Crippen LogP contribution >= 0.6 is 0 Å². The number of allylic oxidation sites excluding steroid dienone is 2. The minimum absolute atomic E-state index is 0.679. The second-order valence-corrected chi connectivity index (χ2v) is 9.47. The molecule has 0 unspecified atom stereocenters. The van der Waals surface area contributed by atoms with Gasteiger partial charge in [-0.15, -0.1) is 13.2 Å². The Bertz CT molecular complexity index is 847. The molecule has 1 rings (SSSR count). The van der Waals surface area contributed by atoms with Gasteiger partial charge in [-0.05, 0) is 12.8 Å². The van der Waals surface area contributed by atoms with Crippen molar-refractivity contribution in [2.45, 2.75) is 30.4 Å². The van der Waals surface area contributed by atoms with Gasteiger partial charge in [0.1, 0.15) is 6.54 Å². The van der Waals surface area contributed by atoms with Gasteiger partial charge in [-0.1, -0.05) is 42.5 Å². The zero-order chi connectivity index (χ0) is 24.3. The maximum atomic E-state index is 11.4. The minimum Gasteiger partial charge on any atom is -0.421 e. The standard InChI is InChI=1S/C15H21N.C2F6NO4S2/c1-3-8-14(9-4-2)12-16-13-15-10-6-5-7-11-15;3-1(4,5)14(10,11)9-15(12,13)2(6,7)8/h3-7,10-11,14,16H,1-2,8-9,12-13H2;/q;-1/p+1. The van der Waals surface area contributed by atoms with Crippen LogP contribution in [0.1, 0.15) is 18.4 Å². The van der Waals surface area contributed by atoms with Crippen LogP contribution in [0.4, 0.5) is 26.3 Å². The van der Waals surface area contributed by atoms with E-state index in [9.17, 15) is 43.2 Å². The normalized spacial score (nSPS) is 12.7. The van der Waals surface area contributed by atoms with Crippen LogP contribution in [-0.4, -0.2) is 34.4 Å². The molecule has 0 spiro atoms. The van der Waals surface area contributed by atoms with Gasteiger partial charge in [-0.25, -0.2) is 16.8 Å². The van der Waals surface area contributed by atoms with E-state index in [2.05, 4.69) is 48.8 Å². The van der Waals surface area contributed by atoms with Crippen molar-refractivity contribution >= 4 is 20.0 Å². The van der Waals surface area contributed by atoms with E-state index in [1.807, 2.05) is 12.2 Å².